The van der Waals surface area contributed by atoms with Gasteiger partial charge in [-0.15, -0.1) is 0 Å². The van der Waals surface area contributed by atoms with Crippen molar-refractivity contribution in [3.8, 4) is 0 Å². The fraction of sp³-hybridized carbons (Fsp3) is 0.174. The van der Waals surface area contributed by atoms with Crippen LogP contribution in [-0.2, 0) is 11.8 Å². The van der Waals surface area contributed by atoms with Crippen LogP contribution in [-0.4, -0.2) is 29.2 Å². The average molecular weight is 714 g/mol. The third-order valence-electron chi connectivity index (χ3n) is 5.23. The van der Waals surface area contributed by atoms with Gasteiger partial charge in [-0.25, -0.2) is 12.5 Å². The van der Waals surface area contributed by atoms with Gasteiger partial charge in [-0.3, -0.25) is 9.59 Å². The van der Waals surface area contributed by atoms with Gasteiger partial charge in [0.1, 0.15) is 5.15 Å². The predicted octanol–water partition coefficient (Wildman–Crippen LogP) is 8.29. The first kappa shape index (κ1) is 31.4. The lowest BCUT2D eigenvalue weighted by molar-refractivity contribution is -0.348. The third kappa shape index (κ3) is 6.26. The molecule has 0 saturated carbocycles. The number of nitrogens with one attached hydrogen (secondary N) is 1. The van der Waals surface area contributed by atoms with Crippen LogP contribution in [0.5, 0.6) is 0 Å². The van der Waals surface area contributed by atoms with E-state index in [0.717, 1.165) is 41.2 Å². The maximum Gasteiger partial charge on any atom is 0.435 e. The fourth-order valence-corrected chi connectivity index (χ4v) is 4.11. The van der Waals surface area contributed by atoms with Gasteiger partial charge in [0.05, 0.1) is 39.7 Å². The Morgan fingerprint density at radius 2 is 1.45 bits per heavy atom. The quantitative estimate of drug-likeness (QED) is 0.125. The first-order valence-electron chi connectivity index (χ1n) is 10.3. The molecule has 1 N–H and O–H groups in total. The van der Waals surface area contributed by atoms with Crippen molar-refractivity contribution in [1.82, 2.24) is 4.98 Å². The number of rotatable bonds is 5. The molecule has 5 nitrogen and oxygen atoms in total. The number of aromatic nitrogens is 1. The number of anilines is 2. The van der Waals surface area contributed by atoms with Crippen molar-refractivity contribution in [3.05, 3.63) is 88.2 Å². The minimum atomic E-state index is -6.65. The topological polar surface area (TPSA) is 62.3 Å². The summed E-state index contributed by atoms with van der Waals surface area (Å²) in [5, 5.41) is 2.51. The van der Waals surface area contributed by atoms with Crippen LogP contribution in [0.25, 0.3) is 0 Å². The van der Waals surface area contributed by atoms with E-state index in [0.29, 0.717) is 0 Å². The molecule has 3 aromatic rings. The number of benzene rings is 2. The van der Waals surface area contributed by atoms with E-state index in [1.807, 2.05) is 0 Å². The highest BCUT2D eigenvalue weighted by molar-refractivity contribution is 14.1. The van der Waals surface area contributed by atoms with Crippen LogP contribution < -0.4 is 8.43 Å². The van der Waals surface area contributed by atoms with Gasteiger partial charge in [0.2, 0.25) is 0 Å². The summed E-state index contributed by atoms with van der Waals surface area (Å²) in [6, 6.07) is 6.72. The van der Waals surface area contributed by atoms with Crippen LogP contribution in [0.15, 0.2) is 60.8 Å². The third-order valence-corrected chi connectivity index (χ3v) is 6.41. The van der Waals surface area contributed by atoms with Gasteiger partial charge in [0.25, 0.3) is 11.8 Å². The molecule has 0 fully saturated rings. The summed E-state index contributed by atoms with van der Waals surface area (Å²) in [5.74, 6) is -1.90. The highest BCUT2D eigenvalue weighted by Gasteiger charge is 2.73. The van der Waals surface area contributed by atoms with E-state index >= 15 is 0 Å². The smallest absolute Gasteiger partial charge is 0.322 e. The number of hydrogen-bond acceptors (Lipinski definition) is 3. The first-order valence-corrected chi connectivity index (χ1v) is 11.7. The average Bonchev–Trinajstić information content (AvgIpc) is 2.85. The van der Waals surface area contributed by atoms with Gasteiger partial charge in [0.15, 0.2) is 0 Å². The molecule has 3 rings (SSSR count). The molecule has 0 aliphatic carbocycles. The lowest BCUT2D eigenvalue weighted by atomic mass is 9.92. The molecule has 0 aliphatic heterocycles. The van der Waals surface area contributed by atoms with E-state index in [1.54, 1.807) is 0 Å². The Morgan fingerprint density at radius 3 is 1.98 bits per heavy atom. The summed E-state index contributed by atoms with van der Waals surface area (Å²) in [6.45, 7) is 0. The lowest BCUT2D eigenvalue weighted by Gasteiger charge is -2.31. The number of carbonyl (C=O) groups is 2. The van der Waals surface area contributed by atoms with Crippen LogP contribution in [0, 0.1) is 0 Å². The number of hydrogen-bond donors (Lipinski definition) is 1. The first-order chi connectivity index (χ1) is 18.3. The highest BCUT2D eigenvalue weighted by atomic mass is 127. The number of nitrogens with zero attached hydrogens (tertiary/aromatic N) is 2. The van der Waals surface area contributed by atoms with E-state index in [2.05, 4.69) is 10.3 Å². The maximum atomic E-state index is 14.4. The molecule has 0 atom stereocenters. The number of alkyl halides is 10. The molecule has 40 heavy (non-hydrogen) atoms. The van der Waals surface area contributed by atoms with Crippen molar-refractivity contribution in [1.29, 1.82) is 0 Å². The molecule has 0 bridgehead atoms. The Kier molecular flexibility index (Phi) is 8.65. The summed E-state index contributed by atoms with van der Waals surface area (Å²) in [4.78, 5) is 29.0. The number of carbonyl (C=O) groups excluding carboxylic acids is 2. The predicted molar refractivity (Wildman–Crippen MR) is 131 cm³/mol. The van der Waals surface area contributed by atoms with E-state index in [1.165, 1.54) is 24.3 Å². The molecule has 1 heterocycles. The normalized spacial score (nSPS) is 12.7. The van der Waals surface area contributed by atoms with Crippen LogP contribution >= 0.6 is 34.5 Å². The standard InChI is InChI=1S/C23H11ClF10IN3O2/c24-17-7-4-12(10-36-17)18(39)37-14-3-1-2-11(8-14)19(40)38(35)16-6-5-13(9-15(16)21(26,27)28)20(25,22(29,30)31)23(32,33)34/h1-10H,(H,37,39). The molecule has 0 radical (unpaired) electrons. The molecule has 1 aromatic heterocycles. The minimum Gasteiger partial charge on any atom is -0.322 e. The zero-order valence-corrected chi connectivity index (χ0v) is 21.9. The molecule has 2 amide bonds. The summed E-state index contributed by atoms with van der Waals surface area (Å²) in [6.07, 6.45) is -17.8. The van der Waals surface area contributed by atoms with E-state index < -0.39 is 58.9 Å². The fourth-order valence-electron chi connectivity index (χ4n) is 3.30. The summed E-state index contributed by atoms with van der Waals surface area (Å²) < 4.78 is 134. The van der Waals surface area contributed by atoms with Gasteiger partial charge >= 0.3 is 24.2 Å². The maximum absolute atomic E-state index is 14.4. The van der Waals surface area contributed by atoms with Crippen LogP contribution in [0.2, 0.25) is 5.15 Å². The Bertz CT molecular complexity index is 1410. The van der Waals surface area contributed by atoms with Crippen molar-refractivity contribution in [2.24, 2.45) is 0 Å². The van der Waals surface area contributed by atoms with Gasteiger partial charge in [-0.05, 0) is 42.5 Å². The molecule has 0 aliphatic rings. The number of amides is 2. The number of pyridine rings is 1. The van der Waals surface area contributed by atoms with Gasteiger partial charge in [-0.2, -0.15) is 39.5 Å². The Morgan fingerprint density at radius 1 is 0.825 bits per heavy atom. The molecular formula is C23H11ClF10IN3O2. The van der Waals surface area contributed by atoms with Gasteiger partial charge in [0, 0.05) is 23.0 Å². The van der Waals surface area contributed by atoms with Crippen LogP contribution in [0.1, 0.15) is 31.8 Å². The summed E-state index contributed by atoms with van der Waals surface area (Å²) in [7, 11) is 0. The van der Waals surface area contributed by atoms with Crippen molar-refractivity contribution < 1.29 is 53.5 Å². The second-order valence-corrected chi connectivity index (χ2v) is 9.23. The highest BCUT2D eigenvalue weighted by Crippen LogP contribution is 2.54. The SMILES string of the molecule is O=C(Nc1cccc(C(=O)N(I)c2ccc(C(F)(C(F)(F)F)C(F)(F)F)cc2C(F)(F)F)c1)c1ccc(Cl)nc1. The van der Waals surface area contributed by atoms with Gasteiger partial charge < -0.3 is 5.32 Å². The zero-order valence-electron chi connectivity index (χ0n) is 19.0. The van der Waals surface area contributed by atoms with E-state index in [4.69, 9.17) is 11.6 Å². The molecule has 214 valence electrons. The number of halogens is 12. The largest absolute Gasteiger partial charge is 0.435 e. The molecule has 0 unspecified atom stereocenters. The Balaban J connectivity index is 1.99. The monoisotopic (exact) mass is 713 g/mol. The van der Waals surface area contributed by atoms with Crippen LogP contribution in [0.3, 0.4) is 0 Å². The minimum absolute atomic E-state index is 0.000407. The van der Waals surface area contributed by atoms with Gasteiger partial charge in [-0.1, -0.05) is 23.7 Å². The molecule has 0 saturated heterocycles. The lowest BCUT2D eigenvalue weighted by Crippen LogP contribution is -2.50. The summed E-state index contributed by atoms with van der Waals surface area (Å²) in [5.41, 5.74) is -12.1. The zero-order chi connectivity index (χ0) is 30.3. The van der Waals surface area contributed by atoms with Crippen molar-refractivity contribution in [2.75, 3.05) is 8.43 Å². The van der Waals surface area contributed by atoms with Crippen molar-refractivity contribution in [3.63, 3.8) is 0 Å². The van der Waals surface area contributed by atoms with Crippen molar-refractivity contribution >= 4 is 57.7 Å². The van der Waals surface area contributed by atoms with Crippen molar-refractivity contribution in [2.45, 2.75) is 24.2 Å². The Hall–Kier alpha value is -3.15. The molecule has 2 aromatic carbocycles. The molecular weight excluding hydrogens is 703 g/mol. The second-order valence-electron chi connectivity index (χ2n) is 7.87. The summed E-state index contributed by atoms with van der Waals surface area (Å²) >= 11 is 6.70. The molecule has 0 spiro atoms. The van der Waals surface area contributed by atoms with Crippen LogP contribution in [0.4, 0.5) is 55.3 Å². The van der Waals surface area contributed by atoms with E-state index in [9.17, 15) is 53.5 Å². The molecule has 17 heteroatoms. The Labute approximate surface area is 236 Å². The second kappa shape index (κ2) is 11.0. The van der Waals surface area contributed by atoms with E-state index in [-0.39, 0.29) is 37.2 Å².